The fourth-order valence-electron chi connectivity index (χ4n) is 1.80. The van der Waals surface area contributed by atoms with Crippen molar-refractivity contribution >= 4 is 5.69 Å². The molecule has 0 amide bonds. The largest absolute Gasteiger partial charge is 0.504 e. The van der Waals surface area contributed by atoms with E-state index >= 15 is 0 Å². The van der Waals surface area contributed by atoms with Crippen molar-refractivity contribution in [2.45, 2.75) is 13.5 Å². The highest BCUT2D eigenvalue weighted by molar-refractivity contribution is 5.48. The molecule has 0 spiro atoms. The maximum Gasteiger partial charge on any atom is 0.160 e. The molecule has 0 aliphatic rings. The van der Waals surface area contributed by atoms with Crippen molar-refractivity contribution in [1.29, 1.82) is 0 Å². The zero-order chi connectivity index (χ0) is 13.8. The summed E-state index contributed by atoms with van der Waals surface area (Å²) >= 11 is 0. The van der Waals surface area contributed by atoms with E-state index in [0.29, 0.717) is 17.9 Å². The molecule has 0 saturated carbocycles. The lowest BCUT2D eigenvalue weighted by atomic mass is 10.1. The first kappa shape index (κ1) is 13.2. The smallest absolute Gasteiger partial charge is 0.160 e. The van der Waals surface area contributed by atoms with Crippen molar-refractivity contribution in [3.05, 3.63) is 53.3 Å². The minimum atomic E-state index is -0.215. The minimum Gasteiger partial charge on any atom is -0.504 e. The van der Waals surface area contributed by atoms with Gasteiger partial charge in [0, 0.05) is 12.2 Å². The van der Waals surface area contributed by atoms with Crippen LogP contribution in [0.3, 0.4) is 0 Å². The topological polar surface area (TPSA) is 41.5 Å². The van der Waals surface area contributed by atoms with Crippen LogP contribution in [-0.2, 0) is 6.54 Å². The van der Waals surface area contributed by atoms with Crippen molar-refractivity contribution < 1.29 is 14.2 Å². The molecule has 3 nitrogen and oxygen atoms in total. The van der Waals surface area contributed by atoms with Crippen LogP contribution >= 0.6 is 0 Å². The van der Waals surface area contributed by atoms with Gasteiger partial charge in [-0.25, -0.2) is 4.39 Å². The molecule has 0 radical (unpaired) electrons. The maximum absolute atomic E-state index is 13.1. The predicted octanol–water partition coefficient (Wildman–Crippen LogP) is 3.46. The minimum absolute atomic E-state index is 0.108. The number of hydrogen-bond donors (Lipinski definition) is 2. The first-order valence-corrected chi connectivity index (χ1v) is 5.96. The number of rotatable bonds is 4. The maximum atomic E-state index is 13.1. The van der Waals surface area contributed by atoms with E-state index in [1.54, 1.807) is 31.2 Å². The standard InChI is InChI=1S/C15H16FNO2/c1-10-7-12(4-5-13(10)16)17-9-11-3-6-15(19-2)14(18)8-11/h3-8,17-18H,9H2,1-2H3. The molecule has 0 unspecified atom stereocenters. The van der Waals surface area contributed by atoms with E-state index < -0.39 is 0 Å². The lowest BCUT2D eigenvalue weighted by Crippen LogP contribution is -2.00. The van der Waals surface area contributed by atoms with Crippen LogP contribution in [0.2, 0.25) is 0 Å². The van der Waals surface area contributed by atoms with Gasteiger partial charge in [-0.2, -0.15) is 0 Å². The van der Waals surface area contributed by atoms with Crippen molar-refractivity contribution in [3.8, 4) is 11.5 Å². The molecule has 0 saturated heterocycles. The normalized spacial score (nSPS) is 10.3. The van der Waals surface area contributed by atoms with E-state index in [-0.39, 0.29) is 11.6 Å². The lowest BCUT2D eigenvalue weighted by Gasteiger charge is -2.09. The fraction of sp³-hybridized carbons (Fsp3) is 0.200. The summed E-state index contributed by atoms with van der Waals surface area (Å²) in [4.78, 5) is 0. The van der Waals surface area contributed by atoms with Gasteiger partial charge in [0.2, 0.25) is 0 Å². The summed E-state index contributed by atoms with van der Waals surface area (Å²) in [7, 11) is 1.51. The lowest BCUT2D eigenvalue weighted by molar-refractivity contribution is 0.373. The zero-order valence-corrected chi connectivity index (χ0v) is 10.9. The molecule has 19 heavy (non-hydrogen) atoms. The number of anilines is 1. The van der Waals surface area contributed by atoms with Gasteiger partial charge in [0.15, 0.2) is 11.5 Å². The molecule has 2 aromatic carbocycles. The van der Waals surface area contributed by atoms with Crippen LogP contribution in [0.1, 0.15) is 11.1 Å². The van der Waals surface area contributed by atoms with Crippen molar-refractivity contribution in [1.82, 2.24) is 0 Å². The Labute approximate surface area is 111 Å². The molecule has 0 aliphatic carbocycles. The molecule has 4 heteroatoms. The van der Waals surface area contributed by atoms with Crippen LogP contribution in [0.25, 0.3) is 0 Å². The molecule has 0 bridgehead atoms. The van der Waals surface area contributed by atoms with Crippen molar-refractivity contribution in [2.75, 3.05) is 12.4 Å². The van der Waals surface area contributed by atoms with Crippen LogP contribution in [0.15, 0.2) is 36.4 Å². The van der Waals surface area contributed by atoms with Gasteiger partial charge < -0.3 is 15.2 Å². The molecule has 2 N–H and O–H groups in total. The SMILES string of the molecule is COc1ccc(CNc2ccc(F)c(C)c2)cc1O. The zero-order valence-electron chi connectivity index (χ0n) is 10.9. The van der Waals surface area contributed by atoms with Crippen LogP contribution in [0.4, 0.5) is 10.1 Å². The van der Waals surface area contributed by atoms with E-state index in [1.807, 2.05) is 6.07 Å². The summed E-state index contributed by atoms with van der Waals surface area (Å²) in [5, 5.41) is 12.8. The number of nitrogens with one attached hydrogen (secondary N) is 1. The molecule has 0 aliphatic heterocycles. The molecule has 0 heterocycles. The Morgan fingerprint density at radius 2 is 2.00 bits per heavy atom. The molecule has 0 fully saturated rings. The number of phenolic OH excluding ortho intramolecular Hbond substituents is 1. The van der Waals surface area contributed by atoms with Gasteiger partial charge in [-0.05, 0) is 48.4 Å². The Kier molecular flexibility index (Phi) is 3.90. The Balaban J connectivity index is 2.05. The van der Waals surface area contributed by atoms with Gasteiger partial charge in [0.1, 0.15) is 5.82 Å². The number of halogens is 1. The summed E-state index contributed by atoms with van der Waals surface area (Å²) in [5.74, 6) is 0.339. The van der Waals surface area contributed by atoms with Gasteiger partial charge in [-0.3, -0.25) is 0 Å². The van der Waals surface area contributed by atoms with Gasteiger partial charge in [-0.15, -0.1) is 0 Å². The van der Waals surface area contributed by atoms with Crippen molar-refractivity contribution in [3.63, 3.8) is 0 Å². The number of methoxy groups -OCH3 is 1. The fourth-order valence-corrected chi connectivity index (χ4v) is 1.80. The second kappa shape index (κ2) is 5.61. The Morgan fingerprint density at radius 3 is 2.63 bits per heavy atom. The van der Waals surface area contributed by atoms with E-state index in [4.69, 9.17) is 4.74 Å². The molecule has 2 aromatic rings. The average molecular weight is 261 g/mol. The van der Waals surface area contributed by atoms with Crippen LogP contribution < -0.4 is 10.1 Å². The Morgan fingerprint density at radius 1 is 1.21 bits per heavy atom. The monoisotopic (exact) mass is 261 g/mol. The molecule has 0 aromatic heterocycles. The first-order valence-electron chi connectivity index (χ1n) is 5.96. The number of phenols is 1. The number of aryl methyl sites for hydroxylation is 1. The quantitative estimate of drug-likeness (QED) is 0.885. The van der Waals surface area contributed by atoms with E-state index in [2.05, 4.69) is 5.32 Å². The third kappa shape index (κ3) is 3.16. The number of benzene rings is 2. The van der Waals surface area contributed by atoms with Gasteiger partial charge in [0.05, 0.1) is 7.11 Å². The van der Waals surface area contributed by atoms with E-state index in [0.717, 1.165) is 11.3 Å². The molecule has 100 valence electrons. The Hall–Kier alpha value is -2.23. The van der Waals surface area contributed by atoms with Gasteiger partial charge in [-0.1, -0.05) is 6.07 Å². The number of aromatic hydroxyl groups is 1. The summed E-state index contributed by atoms with van der Waals surface area (Å²) in [6.07, 6.45) is 0. The number of hydrogen-bond acceptors (Lipinski definition) is 3. The number of ether oxygens (including phenoxy) is 1. The Bertz CT molecular complexity index is 584. The summed E-state index contributed by atoms with van der Waals surface area (Å²) < 4.78 is 18.1. The first-order chi connectivity index (χ1) is 9.10. The molecule has 0 atom stereocenters. The predicted molar refractivity (Wildman–Crippen MR) is 73.1 cm³/mol. The second-order valence-electron chi connectivity index (χ2n) is 4.32. The van der Waals surface area contributed by atoms with Gasteiger partial charge in [0.25, 0.3) is 0 Å². The third-order valence-electron chi connectivity index (χ3n) is 2.90. The summed E-state index contributed by atoms with van der Waals surface area (Å²) in [5.41, 5.74) is 2.36. The molecular formula is C15H16FNO2. The van der Waals surface area contributed by atoms with Crippen LogP contribution in [0, 0.1) is 12.7 Å². The highest BCUT2D eigenvalue weighted by atomic mass is 19.1. The highest BCUT2D eigenvalue weighted by Crippen LogP contribution is 2.26. The summed E-state index contributed by atoms with van der Waals surface area (Å²) in [6.45, 7) is 2.27. The van der Waals surface area contributed by atoms with Crippen LogP contribution in [-0.4, -0.2) is 12.2 Å². The highest BCUT2D eigenvalue weighted by Gasteiger charge is 2.03. The van der Waals surface area contributed by atoms with E-state index in [1.165, 1.54) is 13.2 Å². The summed E-state index contributed by atoms with van der Waals surface area (Å²) in [6, 6.07) is 10.1. The van der Waals surface area contributed by atoms with Gasteiger partial charge >= 0.3 is 0 Å². The average Bonchev–Trinajstić information content (AvgIpc) is 2.40. The van der Waals surface area contributed by atoms with Crippen LogP contribution in [0.5, 0.6) is 11.5 Å². The van der Waals surface area contributed by atoms with Crippen molar-refractivity contribution in [2.24, 2.45) is 0 Å². The second-order valence-corrected chi connectivity index (χ2v) is 4.32. The van der Waals surface area contributed by atoms with E-state index in [9.17, 15) is 9.50 Å². The molecular weight excluding hydrogens is 245 g/mol. The molecule has 2 rings (SSSR count). The third-order valence-corrected chi connectivity index (χ3v) is 2.90.